The molecule has 1 atom stereocenters. The number of ether oxygens (including phenoxy) is 1. The van der Waals surface area contributed by atoms with E-state index in [-0.39, 0.29) is 0 Å². The van der Waals surface area contributed by atoms with Crippen LogP contribution in [0.4, 0.5) is 0 Å². The highest BCUT2D eigenvalue weighted by Gasteiger charge is 2.14. The maximum absolute atomic E-state index is 5.44. The first-order valence-electron chi connectivity index (χ1n) is 4.39. The van der Waals surface area contributed by atoms with Crippen molar-refractivity contribution in [2.75, 3.05) is 19.8 Å². The second kappa shape index (κ2) is 5.52. The fourth-order valence-corrected chi connectivity index (χ4v) is 1.27. The van der Waals surface area contributed by atoms with Crippen LogP contribution in [-0.4, -0.2) is 25.9 Å². The van der Waals surface area contributed by atoms with Gasteiger partial charge in [-0.3, -0.25) is 0 Å². The molecule has 3 heteroatoms. The summed E-state index contributed by atoms with van der Waals surface area (Å²) < 4.78 is 5.44. The topological polar surface area (TPSA) is 30.5 Å². The summed E-state index contributed by atoms with van der Waals surface area (Å²) in [5, 5.41) is 0. The number of hydroxylamine groups is 1. The van der Waals surface area contributed by atoms with Crippen molar-refractivity contribution in [1.82, 2.24) is 5.48 Å². The molecule has 0 amide bonds. The summed E-state index contributed by atoms with van der Waals surface area (Å²) in [6, 6.07) is 0. The van der Waals surface area contributed by atoms with Gasteiger partial charge in [0.05, 0.1) is 12.7 Å². The molecule has 0 aromatic carbocycles. The molecule has 0 saturated carbocycles. The Kier molecular flexibility index (Phi) is 4.50. The van der Waals surface area contributed by atoms with Crippen LogP contribution in [0.5, 0.6) is 0 Å². The summed E-state index contributed by atoms with van der Waals surface area (Å²) in [5.41, 5.74) is 2.88. The van der Waals surface area contributed by atoms with Crippen LogP contribution in [0.2, 0.25) is 0 Å². The van der Waals surface area contributed by atoms with Gasteiger partial charge in [-0.25, -0.2) is 5.48 Å². The van der Waals surface area contributed by atoms with E-state index in [1.807, 2.05) is 6.92 Å². The first kappa shape index (κ1) is 8.97. The van der Waals surface area contributed by atoms with Crippen LogP contribution in [0, 0.1) is 0 Å². The summed E-state index contributed by atoms with van der Waals surface area (Å²) in [7, 11) is 0. The van der Waals surface area contributed by atoms with Gasteiger partial charge in [0.2, 0.25) is 0 Å². The van der Waals surface area contributed by atoms with Crippen LogP contribution in [0.3, 0.4) is 0 Å². The Labute approximate surface area is 68.0 Å². The van der Waals surface area contributed by atoms with Crippen LogP contribution >= 0.6 is 0 Å². The molecule has 11 heavy (non-hydrogen) atoms. The molecule has 0 radical (unpaired) electrons. The lowest BCUT2D eigenvalue weighted by molar-refractivity contribution is 0.0348. The van der Waals surface area contributed by atoms with Gasteiger partial charge in [0, 0.05) is 13.2 Å². The second-order valence-electron chi connectivity index (χ2n) is 2.75. The third-order valence-corrected chi connectivity index (χ3v) is 1.84. The van der Waals surface area contributed by atoms with E-state index in [9.17, 15) is 0 Å². The Hall–Kier alpha value is -0.120. The zero-order chi connectivity index (χ0) is 7.94. The molecule has 1 heterocycles. The first-order chi connectivity index (χ1) is 5.43. The molecule has 66 valence electrons. The quantitative estimate of drug-likeness (QED) is 0.481. The SMILES string of the molecule is CCONCCC1CCCO1. The van der Waals surface area contributed by atoms with Crippen molar-refractivity contribution in [2.24, 2.45) is 0 Å². The summed E-state index contributed by atoms with van der Waals surface area (Å²) >= 11 is 0. The Morgan fingerprint density at radius 3 is 3.18 bits per heavy atom. The molecule has 0 spiro atoms. The standard InChI is InChI=1S/C8H17NO2/c1-2-11-9-6-5-8-4-3-7-10-8/h8-9H,2-7H2,1H3. The van der Waals surface area contributed by atoms with Gasteiger partial charge in [0.25, 0.3) is 0 Å². The van der Waals surface area contributed by atoms with Gasteiger partial charge in [0.15, 0.2) is 0 Å². The lowest BCUT2D eigenvalue weighted by Crippen LogP contribution is -2.20. The molecule has 0 bridgehead atoms. The second-order valence-corrected chi connectivity index (χ2v) is 2.75. The lowest BCUT2D eigenvalue weighted by atomic mass is 10.2. The van der Waals surface area contributed by atoms with Crippen LogP contribution in [0.25, 0.3) is 0 Å². The van der Waals surface area contributed by atoms with E-state index in [1.165, 1.54) is 12.8 Å². The van der Waals surface area contributed by atoms with Gasteiger partial charge in [-0.2, -0.15) is 0 Å². The minimum absolute atomic E-state index is 0.475. The average Bonchev–Trinajstić information content (AvgIpc) is 2.50. The van der Waals surface area contributed by atoms with Crippen molar-refractivity contribution < 1.29 is 9.57 Å². The largest absolute Gasteiger partial charge is 0.378 e. The van der Waals surface area contributed by atoms with Gasteiger partial charge >= 0.3 is 0 Å². The maximum atomic E-state index is 5.44. The van der Waals surface area contributed by atoms with Crippen molar-refractivity contribution in [2.45, 2.75) is 32.3 Å². The van der Waals surface area contributed by atoms with Crippen molar-refractivity contribution >= 4 is 0 Å². The third kappa shape index (κ3) is 3.70. The highest BCUT2D eigenvalue weighted by Crippen LogP contribution is 2.14. The maximum Gasteiger partial charge on any atom is 0.0653 e. The Bertz CT molecular complexity index is 92.1. The van der Waals surface area contributed by atoms with E-state index >= 15 is 0 Å². The van der Waals surface area contributed by atoms with Crippen LogP contribution in [0.15, 0.2) is 0 Å². The van der Waals surface area contributed by atoms with E-state index < -0.39 is 0 Å². The lowest BCUT2D eigenvalue weighted by Gasteiger charge is -2.08. The van der Waals surface area contributed by atoms with E-state index in [2.05, 4.69) is 5.48 Å². The van der Waals surface area contributed by atoms with Gasteiger partial charge in [-0.05, 0) is 26.2 Å². The monoisotopic (exact) mass is 159 g/mol. The number of hydrogen-bond acceptors (Lipinski definition) is 3. The highest BCUT2D eigenvalue weighted by atomic mass is 16.6. The number of rotatable bonds is 5. The molecule has 3 nitrogen and oxygen atoms in total. The average molecular weight is 159 g/mol. The van der Waals surface area contributed by atoms with Crippen LogP contribution in [0.1, 0.15) is 26.2 Å². The van der Waals surface area contributed by atoms with E-state index in [0.717, 1.165) is 26.2 Å². The molecule has 1 rings (SSSR count). The fraction of sp³-hybridized carbons (Fsp3) is 1.00. The minimum atomic E-state index is 0.475. The zero-order valence-electron chi connectivity index (χ0n) is 7.14. The molecule has 1 N–H and O–H groups in total. The third-order valence-electron chi connectivity index (χ3n) is 1.84. The summed E-state index contributed by atoms with van der Waals surface area (Å²) in [6.45, 7) is 4.54. The predicted molar refractivity (Wildman–Crippen MR) is 43.2 cm³/mol. The first-order valence-corrected chi connectivity index (χ1v) is 4.39. The minimum Gasteiger partial charge on any atom is -0.378 e. The Balaban J connectivity index is 1.86. The predicted octanol–water partition coefficient (Wildman–Crippen LogP) is 1.10. The smallest absolute Gasteiger partial charge is 0.0653 e. The summed E-state index contributed by atoms with van der Waals surface area (Å²) in [4.78, 5) is 4.99. The van der Waals surface area contributed by atoms with E-state index in [4.69, 9.17) is 9.57 Å². The van der Waals surface area contributed by atoms with Gasteiger partial charge in [-0.1, -0.05) is 0 Å². The van der Waals surface area contributed by atoms with Gasteiger partial charge in [0.1, 0.15) is 0 Å². The molecule has 1 aliphatic rings. The molecule has 1 fully saturated rings. The molecule has 1 unspecified atom stereocenters. The normalized spacial score (nSPS) is 24.3. The van der Waals surface area contributed by atoms with Crippen molar-refractivity contribution in [3.8, 4) is 0 Å². The van der Waals surface area contributed by atoms with Crippen molar-refractivity contribution in [3.63, 3.8) is 0 Å². The molecule has 1 saturated heterocycles. The Morgan fingerprint density at radius 2 is 2.55 bits per heavy atom. The molecule has 0 aromatic heterocycles. The summed E-state index contributed by atoms with van der Waals surface area (Å²) in [6.07, 6.45) is 3.98. The number of nitrogens with one attached hydrogen (secondary N) is 1. The molecule has 0 aliphatic carbocycles. The fourth-order valence-electron chi connectivity index (χ4n) is 1.27. The van der Waals surface area contributed by atoms with Crippen LogP contribution < -0.4 is 5.48 Å². The molecule has 0 aromatic rings. The van der Waals surface area contributed by atoms with E-state index in [0.29, 0.717) is 6.10 Å². The van der Waals surface area contributed by atoms with E-state index in [1.54, 1.807) is 0 Å². The van der Waals surface area contributed by atoms with Gasteiger partial charge < -0.3 is 9.57 Å². The molecule has 1 aliphatic heterocycles. The van der Waals surface area contributed by atoms with Crippen molar-refractivity contribution in [1.29, 1.82) is 0 Å². The molecular weight excluding hydrogens is 142 g/mol. The Morgan fingerprint density at radius 1 is 1.64 bits per heavy atom. The van der Waals surface area contributed by atoms with Crippen LogP contribution in [-0.2, 0) is 9.57 Å². The van der Waals surface area contributed by atoms with Gasteiger partial charge in [-0.15, -0.1) is 0 Å². The molecular formula is C8H17NO2. The van der Waals surface area contributed by atoms with Crippen molar-refractivity contribution in [3.05, 3.63) is 0 Å². The number of hydrogen-bond donors (Lipinski definition) is 1. The summed E-state index contributed by atoms with van der Waals surface area (Å²) in [5.74, 6) is 0. The highest BCUT2D eigenvalue weighted by molar-refractivity contribution is 4.64. The zero-order valence-corrected chi connectivity index (χ0v) is 7.14.